The summed E-state index contributed by atoms with van der Waals surface area (Å²) >= 11 is 0. The normalized spacial score (nSPS) is 19.7. The number of rotatable bonds is 7. The molecular formula is C27H37NO5. The van der Waals surface area contributed by atoms with Crippen molar-refractivity contribution in [1.82, 2.24) is 4.90 Å². The standard InChI is InChI=1S/C25H35NO.C2H2O4/c1-4-26(5-2)19-9-18-25(27)23-12-7-6-10-21(23)11-8-13-24(25)22-16-14-20(3)15-17-22;3-1(4)2(5)6/h6-7,10,12,14-17,24,27H,4-5,8-9,11,13,18-19H2,1-3H3;(H,3,4)(H,5,6)/t24-,25-;/m0./s1. The number of aliphatic hydroxyl groups is 1. The summed E-state index contributed by atoms with van der Waals surface area (Å²) in [6.07, 6.45) is 5.08. The van der Waals surface area contributed by atoms with Gasteiger partial charge in [0, 0.05) is 5.92 Å². The maximum atomic E-state index is 12.1. The Morgan fingerprint density at radius 1 is 1.00 bits per heavy atom. The molecule has 6 heteroatoms. The van der Waals surface area contributed by atoms with Gasteiger partial charge in [0.25, 0.3) is 0 Å². The maximum Gasteiger partial charge on any atom is 0.414 e. The predicted molar refractivity (Wildman–Crippen MR) is 129 cm³/mol. The van der Waals surface area contributed by atoms with Crippen LogP contribution in [-0.4, -0.2) is 51.8 Å². The molecule has 0 amide bonds. The highest BCUT2D eigenvalue weighted by atomic mass is 16.4. The van der Waals surface area contributed by atoms with E-state index in [1.807, 2.05) is 0 Å². The fourth-order valence-corrected chi connectivity index (χ4v) is 4.75. The second-order valence-corrected chi connectivity index (χ2v) is 8.68. The van der Waals surface area contributed by atoms with Crippen molar-refractivity contribution >= 4 is 11.9 Å². The molecule has 0 fully saturated rings. The van der Waals surface area contributed by atoms with Crippen LogP contribution in [0.5, 0.6) is 0 Å². The Kier molecular flexibility index (Phi) is 10.1. The molecule has 0 saturated heterocycles. The summed E-state index contributed by atoms with van der Waals surface area (Å²) in [6, 6.07) is 17.4. The largest absolute Gasteiger partial charge is 0.473 e. The Morgan fingerprint density at radius 3 is 2.18 bits per heavy atom. The zero-order valence-corrected chi connectivity index (χ0v) is 20.0. The molecule has 180 valence electrons. The zero-order chi connectivity index (χ0) is 24.4. The lowest BCUT2D eigenvalue weighted by atomic mass is 9.73. The van der Waals surface area contributed by atoms with Crippen LogP contribution in [0.3, 0.4) is 0 Å². The molecule has 2 atom stereocenters. The van der Waals surface area contributed by atoms with Crippen LogP contribution in [-0.2, 0) is 21.6 Å². The van der Waals surface area contributed by atoms with E-state index >= 15 is 0 Å². The highest BCUT2D eigenvalue weighted by molar-refractivity contribution is 6.27. The van der Waals surface area contributed by atoms with Crippen molar-refractivity contribution in [3.63, 3.8) is 0 Å². The van der Waals surface area contributed by atoms with E-state index in [0.29, 0.717) is 0 Å². The van der Waals surface area contributed by atoms with Gasteiger partial charge in [-0.1, -0.05) is 67.9 Å². The van der Waals surface area contributed by atoms with Gasteiger partial charge in [0.1, 0.15) is 0 Å². The fraction of sp³-hybridized carbons (Fsp3) is 0.481. The minimum atomic E-state index is -1.82. The number of aryl methyl sites for hydroxylation is 2. The van der Waals surface area contributed by atoms with Crippen molar-refractivity contribution in [2.75, 3.05) is 19.6 Å². The summed E-state index contributed by atoms with van der Waals surface area (Å²) in [5.74, 6) is -3.48. The quantitative estimate of drug-likeness (QED) is 0.418. The molecule has 6 nitrogen and oxygen atoms in total. The summed E-state index contributed by atoms with van der Waals surface area (Å²) in [5, 5.41) is 26.9. The number of nitrogens with zero attached hydrogens (tertiary/aromatic N) is 1. The average molecular weight is 456 g/mol. The molecule has 0 spiro atoms. The first-order valence-corrected chi connectivity index (χ1v) is 11.8. The van der Waals surface area contributed by atoms with Gasteiger partial charge >= 0.3 is 11.9 Å². The summed E-state index contributed by atoms with van der Waals surface area (Å²) in [4.78, 5) is 20.7. The van der Waals surface area contributed by atoms with Gasteiger partial charge in [-0.25, -0.2) is 9.59 Å². The van der Waals surface area contributed by atoms with E-state index in [4.69, 9.17) is 19.8 Å². The van der Waals surface area contributed by atoms with Crippen molar-refractivity contribution in [1.29, 1.82) is 0 Å². The van der Waals surface area contributed by atoms with E-state index in [-0.39, 0.29) is 5.92 Å². The van der Waals surface area contributed by atoms with Crippen LogP contribution in [0.15, 0.2) is 48.5 Å². The van der Waals surface area contributed by atoms with Crippen molar-refractivity contribution in [3.8, 4) is 0 Å². The van der Waals surface area contributed by atoms with Gasteiger partial charge in [-0.3, -0.25) is 0 Å². The number of carboxylic acids is 2. The molecule has 0 radical (unpaired) electrons. The zero-order valence-electron chi connectivity index (χ0n) is 20.0. The average Bonchev–Trinajstić information content (AvgIpc) is 2.95. The van der Waals surface area contributed by atoms with Crippen LogP contribution in [0, 0.1) is 6.92 Å². The Balaban J connectivity index is 0.000000569. The Morgan fingerprint density at radius 2 is 1.61 bits per heavy atom. The highest BCUT2D eigenvalue weighted by Gasteiger charge is 2.41. The molecule has 0 bridgehead atoms. The molecule has 0 heterocycles. The summed E-state index contributed by atoms with van der Waals surface area (Å²) < 4.78 is 0. The first kappa shape index (κ1) is 26.6. The molecule has 3 N–H and O–H groups in total. The molecule has 2 aromatic carbocycles. The van der Waals surface area contributed by atoms with Crippen molar-refractivity contribution in [3.05, 3.63) is 70.8 Å². The van der Waals surface area contributed by atoms with Crippen LogP contribution >= 0.6 is 0 Å². The first-order chi connectivity index (χ1) is 15.7. The van der Waals surface area contributed by atoms with Crippen LogP contribution in [0.2, 0.25) is 0 Å². The molecule has 1 aliphatic rings. The molecular weight excluding hydrogens is 418 g/mol. The number of hydrogen-bond donors (Lipinski definition) is 3. The molecule has 0 saturated carbocycles. The summed E-state index contributed by atoms with van der Waals surface area (Å²) in [5.41, 5.74) is 4.26. The molecule has 1 aliphatic carbocycles. The minimum absolute atomic E-state index is 0.165. The molecule has 3 rings (SSSR count). The van der Waals surface area contributed by atoms with Gasteiger partial charge in [0.05, 0.1) is 5.60 Å². The maximum absolute atomic E-state index is 12.1. The fourth-order valence-electron chi connectivity index (χ4n) is 4.75. The van der Waals surface area contributed by atoms with E-state index in [0.717, 1.165) is 57.3 Å². The molecule has 0 aromatic heterocycles. The van der Waals surface area contributed by atoms with Gasteiger partial charge < -0.3 is 20.2 Å². The summed E-state index contributed by atoms with van der Waals surface area (Å²) in [6.45, 7) is 9.77. The van der Waals surface area contributed by atoms with Crippen LogP contribution in [0.1, 0.15) is 67.7 Å². The highest BCUT2D eigenvalue weighted by Crippen LogP contribution is 2.47. The number of aliphatic carboxylic acids is 2. The Labute approximate surface area is 196 Å². The SMILES string of the molecule is CCN(CC)CCC[C@]1(O)c2ccccc2CCC[C@H]1c1ccc(C)cc1.O=C(O)C(=O)O. The smallest absolute Gasteiger partial charge is 0.414 e. The monoisotopic (exact) mass is 455 g/mol. The van der Waals surface area contributed by atoms with Crippen molar-refractivity contribution in [2.45, 2.75) is 64.4 Å². The lowest BCUT2D eigenvalue weighted by Gasteiger charge is -2.37. The van der Waals surface area contributed by atoms with Crippen LogP contribution < -0.4 is 0 Å². The van der Waals surface area contributed by atoms with Gasteiger partial charge in [0.15, 0.2) is 0 Å². The van der Waals surface area contributed by atoms with Crippen LogP contribution in [0.25, 0.3) is 0 Å². The molecule has 0 aliphatic heterocycles. The van der Waals surface area contributed by atoms with Crippen molar-refractivity contribution in [2.24, 2.45) is 0 Å². The third-order valence-corrected chi connectivity index (χ3v) is 6.59. The molecule has 33 heavy (non-hydrogen) atoms. The van der Waals surface area contributed by atoms with Gasteiger partial charge in [-0.05, 0) is 75.4 Å². The van der Waals surface area contributed by atoms with E-state index in [9.17, 15) is 5.11 Å². The topological polar surface area (TPSA) is 98.1 Å². The number of carboxylic acid groups (broad SMARTS) is 2. The predicted octanol–water partition coefficient (Wildman–Crippen LogP) is 4.58. The Hall–Kier alpha value is -2.70. The van der Waals surface area contributed by atoms with Crippen molar-refractivity contribution < 1.29 is 24.9 Å². The second kappa shape index (κ2) is 12.5. The van der Waals surface area contributed by atoms with Gasteiger partial charge in [0.2, 0.25) is 0 Å². The molecule has 0 unspecified atom stereocenters. The second-order valence-electron chi connectivity index (χ2n) is 8.68. The van der Waals surface area contributed by atoms with E-state index in [2.05, 4.69) is 74.2 Å². The lowest BCUT2D eigenvalue weighted by molar-refractivity contribution is -0.159. The number of fused-ring (bicyclic) bond motifs is 1. The van der Waals surface area contributed by atoms with Gasteiger partial charge in [-0.15, -0.1) is 0 Å². The van der Waals surface area contributed by atoms with E-state index in [1.165, 1.54) is 16.7 Å². The Bertz CT molecular complexity index is 895. The summed E-state index contributed by atoms with van der Waals surface area (Å²) in [7, 11) is 0. The number of benzene rings is 2. The van der Waals surface area contributed by atoms with Gasteiger partial charge in [-0.2, -0.15) is 0 Å². The van der Waals surface area contributed by atoms with E-state index < -0.39 is 17.5 Å². The van der Waals surface area contributed by atoms with E-state index in [1.54, 1.807) is 0 Å². The first-order valence-electron chi connectivity index (χ1n) is 11.8. The minimum Gasteiger partial charge on any atom is -0.473 e. The third kappa shape index (κ3) is 7.14. The molecule has 2 aromatic rings. The lowest BCUT2D eigenvalue weighted by Crippen LogP contribution is -2.35. The number of hydrogen-bond acceptors (Lipinski definition) is 4. The third-order valence-electron chi connectivity index (χ3n) is 6.59. The number of carbonyl (C=O) groups is 2. The van der Waals surface area contributed by atoms with Crippen LogP contribution in [0.4, 0.5) is 0 Å².